The average molecular weight is 281 g/mol. The fourth-order valence-electron chi connectivity index (χ4n) is 1.68. The molecule has 102 valence electrons. The first-order valence-electron chi connectivity index (χ1n) is 5.99. The summed E-state index contributed by atoms with van der Waals surface area (Å²) in [6.07, 6.45) is -2.63. The number of aliphatic hydroxyl groups excluding tert-OH is 2. The Balaban J connectivity index is 2.09. The van der Waals surface area contributed by atoms with Crippen LogP contribution in [0.4, 0.5) is 0 Å². The van der Waals surface area contributed by atoms with Crippen LogP contribution in [0.2, 0.25) is 0 Å². The van der Waals surface area contributed by atoms with Crippen LogP contribution in [0.5, 0.6) is 0 Å². The highest BCUT2D eigenvalue weighted by molar-refractivity contribution is 7.18. The quantitative estimate of drug-likeness (QED) is 0.814. The van der Waals surface area contributed by atoms with Crippen LogP contribution in [0, 0.1) is 0 Å². The number of para-hydroxylation sites is 1. The van der Waals surface area contributed by atoms with Crippen LogP contribution in [0.3, 0.4) is 0 Å². The van der Waals surface area contributed by atoms with Gasteiger partial charge in [-0.05, 0) is 19.1 Å². The minimum absolute atomic E-state index is 0.245. The highest BCUT2D eigenvalue weighted by Gasteiger charge is 2.24. The largest absolute Gasteiger partial charge is 0.466 e. The zero-order valence-corrected chi connectivity index (χ0v) is 11.3. The number of aliphatic hydroxyl groups is 2. The topological polar surface area (TPSA) is 79.7 Å². The number of carbonyl (C=O) groups excluding carboxylic acids is 1. The lowest BCUT2D eigenvalue weighted by atomic mass is 10.1. The van der Waals surface area contributed by atoms with Crippen molar-refractivity contribution >= 4 is 27.5 Å². The molecule has 0 amide bonds. The third-order valence-electron chi connectivity index (χ3n) is 2.61. The van der Waals surface area contributed by atoms with E-state index in [9.17, 15) is 15.0 Å². The second-order valence-electron chi connectivity index (χ2n) is 4.04. The zero-order valence-electron chi connectivity index (χ0n) is 10.4. The summed E-state index contributed by atoms with van der Waals surface area (Å²) in [6, 6.07) is 7.46. The van der Waals surface area contributed by atoms with Crippen LogP contribution < -0.4 is 0 Å². The van der Waals surface area contributed by atoms with Crippen molar-refractivity contribution in [2.45, 2.75) is 25.6 Å². The summed E-state index contributed by atoms with van der Waals surface area (Å²) in [6.45, 7) is 1.94. The Kier molecular flexibility index (Phi) is 4.47. The second-order valence-corrected chi connectivity index (χ2v) is 5.10. The van der Waals surface area contributed by atoms with E-state index in [0.29, 0.717) is 5.01 Å². The van der Waals surface area contributed by atoms with Gasteiger partial charge in [-0.3, -0.25) is 4.79 Å². The van der Waals surface area contributed by atoms with Crippen LogP contribution >= 0.6 is 11.3 Å². The molecule has 1 aromatic heterocycles. The summed E-state index contributed by atoms with van der Waals surface area (Å²) in [5, 5.41) is 20.2. The molecule has 0 radical (unpaired) electrons. The molecule has 0 aliphatic rings. The lowest BCUT2D eigenvalue weighted by molar-refractivity contribution is -0.147. The molecule has 2 aromatic rings. The second kappa shape index (κ2) is 6.10. The lowest BCUT2D eigenvalue weighted by Crippen LogP contribution is -2.23. The number of thiazole rings is 1. The van der Waals surface area contributed by atoms with Crippen LogP contribution in [0.25, 0.3) is 10.2 Å². The van der Waals surface area contributed by atoms with Gasteiger partial charge >= 0.3 is 5.97 Å². The van der Waals surface area contributed by atoms with E-state index in [4.69, 9.17) is 4.74 Å². The molecule has 0 saturated carbocycles. The average Bonchev–Trinajstić information content (AvgIpc) is 2.81. The van der Waals surface area contributed by atoms with E-state index in [0.717, 1.165) is 10.2 Å². The zero-order chi connectivity index (χ0) is 13.8. The number of aromatic nitrogens is 1. The number of benzene rings is 1. The maximum atomic E-state index is 11.3. The Bertz CT molecular complexity index is 536. The molecular formula is C13H15NO4S. The first-order valence-corrected chi connectivity index (χ1v) is 6.80. The van der Waals surface area contributed by atoms with E-state index >= 15 is 0 Å². The van der Waals surface area contributed by atoms with Gasteiger partial charge in [0.1, 0.15) is 11.1 Å². The molecule has 0 aliphatic heterocycles. The molecule has 2 N–H and O–H groups in total. The molecule has 2 atom stereocenters. The molecule has 19 heavy (non-hydrogen) atoms. The van der Waals surface area contributed by atoms with Crippen molar-refractivity contribution in [3.8, 4) is 0 Å². The number of fused-ring (bicyclic) bond motifs is 1. The van der Waals surface area contributed by atoms with Crippen LogP contribution in [-0.4, -0.2) is 33.9 Å². The number of nitrogens with zero attached hydrogens (tertiary/aromatic N) is 1. The number of ether oxygens (including phenoxy) is 1. The fraction of sp³-hybridized carbons (Fsp3) is 0.385. The fourth-order valence-corrected chi connectivity index (χ4v) is 2.70. The summed E-state index contributed by atoms with van der Waals surface area (Å²) < 4.78 is 5.66. The van der Waals surface area contributed by atoms with Crippen molar-refractivity contribution in [1.29, 1.82) is 0 Å². The predicted molar refractivity (Wildman–Crippen MR) is 71.8 cm³/mol. The van der Waals surface area contributed by atoms with Gasteiger partial charge in [0.2, 0.25) is 0 Å². The van der Waals surface area contributed by atoms with Crippen LogP contribution in [-0.2, 0) is 9.53 Å². The number of hydrogen-bond donors (Lipinski definition) is 2. The molecular weight excluding hydrogens is 266 g/mol. The Morgan fingerprint density at radius 1 is 1.42 bits per heavy atom. The maximum absolute atomic E-state index is 11.3. The Hall–Kier alpha value is -1.50. The Labute approximate surface area is 114 Å². The summed E-state index contributed by atoms with van der Waals surface area (Å²) in [7, 11) is 0. The van der Waals surface area contributed by atoms with Gasteiger partial charge in [0.25, 0.3) is 0 Å². The molecule has 1 aromatic carbocycles. The minimum Gasteiger partial charge on any atom is -0.466 e. The molecule has 0 saturated heterocycles. The van der Waals surface area contributed by atoms with E-state index < -0.39 is 18.2 Å². The van der Waals surface area contributed by atoms with E-state index in [1.807, 2.05) is 24.3 Å². The molecule has 2 unspecified atom stereocenters. The van der Waals surface area contributed by atoms with Gasteiger partial charge in [0, 0.05) is 0 Å². The molecule has 0 fully saturated rings. The summed E-state index contributed by atoms with van der Waals surface area (Å²) in [5.41, 5.74) is 0.768. The van der Waals surface area contributed by atoms with Crippen LogP contribution in [0.15, 0.2) is 24.3 Å². The highest BCUT2D eigenvalue weighted by atomic mass is 32.1. The monoisotopic (exact) mass is 281 g/mol. The number of esters is 1. The third kappa shape index (κ3) is 3.28. The summed E-state index contributed by atoms with van der Waals surface area (Å²) in [4.78, 5) is 15.5. The van der Waals surface area contributed by atoms with E-state index in [1.165, 1.54) is 11.3 Å². The standard InChI is InChI=1S/C13H15NO4S/c1-2-18-11(16)7-9(15)12(17)13-14-8-5-3-4-6-10(8)19-13/h3-6,9,12,15,17H,2,7H2,1H3. The maximum Gasteiger partial charge on any atom is 0.308 e. The van der Waals surface area contributed by atoms with E-state index in [1.54, 1.807) is 6.92 Å². The first-order chi connectivity index (χ1) is 9.11. The molecule has 0 bridgehead atoms. The number of hydrogen-bond acceptors (Lipinski definition) is 6. The van der Waals surface area contributed by atoms with Gasteiger partial charge in [-0.15, -0.1) is 11.3 Å². The van der Waals surface area contributed by atoms with Crippen molar-refractivity contribution in [2.75, 3.05) is 6.61 Å². The number of rotatable bonds is 5. The van der Waals surface area contributed by atoms with Crippen molar-refractivity contribution in [1.82, 2.24) is 4.98 Å². The molecule has 0 spiro atoms. The van der Waals surface area contributed by atoms with Gasteiger partial charge in [0.15, 0.2) is 0 Å². The van der Waals surface area contributed by atoms with Crippen molar-refractivity contribution in [3.63, 3.8) is 0 Å². The van der Waals surface area contributed by atoms with Crippen molar-refractivity contribution < 1.29 is 19.7 Å². The molecule has 0 aliphatic carbocycles. The van der Waals surface area contributed by atoms with Gasteiger partial charge < -0.3 is 14.9 Å². The van der Waals surface area contributed by atoms with Gasteiger partial charge in [-0.25, -0.2) is 4.98 Å². The third-order valence-corrected chi connectivity index (χ3v) is 3.72. The Morgan fingerprint density at radius 3 is 2.84 bits per heavy atom. The predicted octanol–water partition coefficient (Wildman–Crippen LogP) is 1.64. The van der Waals surface area contributed by atoms with Gasteiger partial charge in [-0.1, -0.05) is 12.1 Å². The molecule has 1 heterocycles. The smallest absolute Gasteiger partial charge is 0.308 e. The normalized spacial score (nSPS) is 14.3. The summed E-state index contributed by atoms with van der Waals surface area (Å²) in [5.74, 6) is -0.532. The minimum atomic E-state index is -1.21. The van der Waals surface area contributed by atoms with E-state index in [2.05, 4.69) is 4.98 Å². The molecule has 5 nitrogen and oxygen atoms in total. The first kappa shape index (κ1) is 13.9. The van der Waals surface area contributed by atoms with Gasteiger partial charge in [0.05, 0.1) is 29.3 Å². The highest BCUT2D eigenvalue weighted by Crippen LogP contribution is 2.28. The van der Waals surface area contributed by atoms with E-state index in [-0.39, 0.29) is 13.0 Å². The molecule has 6 heteroatoms. The lowest BCUT2D eigenvalue weighted by Gasteiger charge is -2.14. The van der Waals surface area contributed by atoms with Gasteiger partial charge in [-0.2, -0.15) is 0 Å². The van der Waals surface area contributed by atoms with Crippen molar-refractivity contribution in [3.05, 3.63) is 29.3 Å². The van der Waals surface area contributed by atoms with Crippen molar-refractivity contribution in [2.24, 2.45) is 0 Å². The summed E-state index contributed by atoms with van der Waals surface area (Å²) >= 11 is 1.30. The molecule has 2 rings (SSSR count). The SMILES string of the molecule is CCOC(=O)CC(O)C(O)c1nc2ccccc2s1. The van der Waals surface area contributed by atoms with Crippen LogP contribution in [0.1, 0.15) is 24.5 Å². The Morgan fingerprint density at radius 2 is 2.16 bits per heavy atom. The number of carbonyl (C=O) groups is 1.